The number of hydrazine groups is 1. The van der Waals surface area contributed by atoms with Crippen molar-refractivity contribution in [2.45, 2.75) is 114 Å². The Bertz CT molecular complexity index is 2520. The molecule has 2 saturated heterocycles. The van der Waals surface area contributed by atoms with E-state index in [0.717, 1.165) is 38.2 Å². The largest absolute Gasteiger partial charge is 0.508 e. The number of phenolic OH excluding ortho intramolecular Hbond substituents is 1. The number of fused-ring (bicyclic) bond motifs is 7. The van der Waals surface area contributed by atoms with E-state index in [0.29, 0.717) is 42.6 Å². The molecule has 19 heteroatoms. The van der Waals surface area contributed by atoms with Gasteiger partial charge in [0.15, 0.2) is 9.68 Å². The number of halogens is 2. The summed E-state index contributed by atoms with van der Waals surface area (Å²) in [5.74, 6) is -3.51. The minimum Gasteiger partial charge on any atom is -0.508 e. The van der Waals surface area contributed by atoms with Crippen LogP contribution in [0.25, 0.3) is 33.3 Å². The Morgan fingerprint density at radius 3 is 2.57 bits per heavy atom. The number of rotatable bonds is 10. The average molecular weight is 974 g/mol. The molecule has 2 aromatic carbocycles. The van der Waals surface area contributed by atoms with Crippen LogP contribution < -0.4 is 10.4 Å². The van der Waals surface area contributed by atoms with Gasteiger partial charge in [-0.3, -0.25) is 34.3 Å². The number of hydrogen-bond acceptors (Lipinski definition) is 11. The summed E-state index contributed by atoms with van der Waals surface area (Å²) in [6.07, 6.45) is -0.231. The predicted molar refractivity (Wildman–Crippen MR) is 254 cm³/mol. The van der Waals surface area contributed by atoms with Crippen LogP contribution in [0, 0.1) is 11.3 Å². The lowest BCUT2D eigenvalue weighted by Gasteiger charge is -2.40. The van der Waals surface area contributed by atoms with Gasteiger partial charge in [-0.15, -0.1) is 12.6 Å². The number of phenols is 1. The number of aryl methyl sites for hydroxylation is 1. The fourth-order valence-electron chi connectivity index (χ4n) is 9.69. The normalized spacial score (nSPS) is 23.4. The number of aromatic hydroxyl groups is 1. The minimum atomic E-state index is -3.13. The van der Waals surface area contributed by atoms with Crippen molar-refractivity contribution in [3.05, 3.63) is 71.5 Å². The molecule has 4 aromatic rings. The van der Waals surface area contributed by atoms with Gasteiger partial charge < -0.3 is 34.1 Å². The van der Waals surface area contributed by atoms with Crippen LogP contribution in [0.4, 0.5) is 8.78 Å². The number of amides is 3. The van der Waals surface area contributed by atoms with Gasteiger partial charge in [0, 0.05) is 68.4 Å². The third-order valence-electron chi connectivity index (χ3n) is 13.0. The first-order valence-corrected chi connectivity index (χ1v) is 24.7. The molecule has 2 aromatic heterocycles. The number of carbonyl (C=O) groups is 4. The van der Waals surface area contributed by atoms with E-state index in [1.807, 2.05) is 30.3 Å². The minimum absolute atomic E-state index is 0.0212. The number of likely N-dealkylation sites (N-methyl/N-ethyl adjacent to an activating group) is 1. The lowest BCUT2D eigenvalue weighted by atomic mass is 9.84. The number of methoxy groups -OCH3 is 1. The molecule has 3 aliphatic rings. The molecule has 3 N–H and O–H groups in total. The first-order valence-electron chi connectivity index (χ1n) is 22.6. The molecule has 7 rings (SSSR count). The second-order valence-corrected chi connectivity index (χ2v) is 21.4. The zero-order chi connectivity index (χ0) is 48.6. The molecule has 0 aliphatic carbocycles. The van der Waals surface area contributed by atoms with Crippen molar-refractivity contribution in [1.82, 2.24) is 29.9 Å². The molecule has 2 fully saturated rings. The molecule has 5 radical (unpaired) electrons. The van der Waals surface area contributed by atoms with E-state index < -0.39 is 69.2 Å². The van der Waals surface area contributed by atoms with Crippen molar-refractivity contribution < 1.29 is 47.3 Å². The summed E-state index contributed by atoms with van der Waals surface area (Å²) in [6.45, 7) is 10.4. The zero-order valence-electron chi connectivity index (χ0n) is 39.0. The molecule has 14 nitrogen and oxygen atoms in total. The van der Waals surface area contributed by atoms with Crippen LogP contribution in [-0.2, 0) is 52.8 Å². The molecule has 0 saturated carbocycles. The Balaban J connectivity index is 1.36. The summed E-state index contributed by atoms with van der Waals surface area (Å²) >= 11 is 4.73. The number of cyclic esters (lactones) is 1. The predicted octanol–water partition coefficient (Wildman–Crippen LogP) is 6.15. The number of nitrogens with zero attached hydrogens (tertiary/aromatic N) is 4. The van der Waals surface area contributed by atoms with Gasteiger partial charge in [-0.05, 0) is 104 Å². The summed E-state index contributed by atoms with van der Waals surface area (Å²) in [4.78, 5) is 63.0. The van der Waals surface area contributed by atoms with Crippen LogP contribution in [0.2, 0.25) is 5.54 Å². The number of thiol groups is 1. The number of carbonyl (C=O) groups excluding carboxylic acids is 4. The Hall–Kier alpha value is -4.67. The Morgan fingerprint density at radius 1 is 1.13 bits per heavy atom. The highest BCUT2D eigenvalue weighted by atomic mass is 32.1. The van der Waals surface area contributed by atoms with Crippen molar-refractivity contribution in [2.75, 3.05) is 33.9 Å². The number of pyridine rings is 1. The number of alkyl halides is 2. The van der Waals surface area contributed by atoms with E-state index in [9.17, 15) is 33.1 Å². The van der Waals surface area contributed by atoms with Gasteiger partial charge in [-0.1, -0.05) is 39.8 Å². The lowest BCUT2D eigenvalue weighted by molar-refractivity contribution is -0.175. The highest BCUT2D eigenvalue weighted by molar-refractivity contribution is 7.80. The molecular formula is C48H59F2N6O8SSi2. The van der Waals surface area contributed by atoms with E-state index in [-0.39, 0.29) is 54.5 Å². The van der Waals surface area contributed by atoms with Gasteiger partial charge >= 0.3 is 5.97 Å². The number of hydrogen-bond donors (Lipinski definition) is 4. The number of ether oxygens (including phenoxy) is 3. The SMILES string of the molecule is CCn1c(-c2cccnc2[C@H](S)OC)c2c3cc(ccc31)-c1cc(O)cc(c1)CC([Si])(NC(=O)[C@H](C(C)C)N(C)C(=O)C1(C(F)F)CCCO1)C(=O)N1CCC[C@H]([Si]N1)C(=O)OCC(C)(C)C2. The fourth-order valence-corrected chi connectivity index (χ4v) is 11.4. The van der Waals surface area contributed by atoms with Gasteiger partial charge in [0.05, 0.1) is 33.8 Å². The van der Waals surface area contributed by atoms with Gasteiger partial charge in [-0.2, -0.15) is 0 Å². The van der Waals surface area contributed by atoms with Gasteiger partial charge in [0.25, 0.3) is 18.2 Å². The molecule has 2 unspecified atom stereocenters. The molecule has 5 atom stereocenters. The fraction of sp³-hybridized carbons (Fsp3) is 0.521. The first-order chi connectivity index (χ1) is 31.7. The van der Waals surface area contributed by atoms with E-state index in [1.54, 1.807) is 33.2 Å². The average Bonchev–Trinajstić information content (AvgIpc) is 3.82. The maximum Gasteiger partial charge on any atom is 0.307 e. The van der Waals surface area contributed by atoms with Crippen molar-refractivity contribution in [3.8, 4) is 28.1 Å². The van der Waals surface area contributed by atoms with Crippen molar-refractivity contribution in [3.63, 3.8) is 0 Å². The van der Waals surface area contributed by atoms with Crippen molar-refractivity contribution in [1.29, 1.82) is 0 Å². The van der Waals surface area contributed by atoms with Gasteiger partial charge in [-0.25, -0.2) is 8.78 Å². The summed E-state index contributed by atoms with van der Waals surface area (Å²) in [5.41, 5.74) is 2.05. The monoisotopic (exact) mass is 973 g/mol. The van der Waals surface area contributed by atoms with Crippen LogP contribution in [0.3, 0.4) is 0 Å². The Labute approximate surface area is 401 Å². The molecule has 3 aliphatic heterocycles. The van der Waals surface area contributed by atoms with Crippen molar-refractivity contribution in [2.24, 2.45) is 11.3 Å². The smallest absolute Gasteiger partial charge is 0.307 e. The molecule has 357 valence electrons. The van der Waals surface area contributed by atoms with E-state index in [2.05, 4.69) is 52.1 Å². The third-order valence-corrected chi connectivity index (χ3v) is 15.2. The highest BCUT2D eigenvalue weighted by Crippen LogP contribution is 2.43. The van der Waals surface area contributed by atoms with Gasteiger partial charge in [0.1, 0.15) is 22.4 Å². The third kappa shape index (κ3) is 10.1. The number of aromatic nitrogens is 2. The second-order valence-electron chi connectivity index (χ2n) is 18.9. The van der Waals surface area contributed by atoms with Crippen LogP contribution >= 0.6 is 12.6 Å². The van der Waals surface area contributed by atoms with Crippen LogP contribution in [0.5, 0.6) is 5.75 Å². The summed E-state index contributed by atoms with van der Waals surface area (Å²) in [6, 6.07) is 13.6. The van der Waals surface area contributed by atoms with Crippen molar-refractivity contribution >= 4 is 67.1 Å². The van der Waals surface area contributed by atoms with E-state index >= 15 is 0 Å². The topological polar surface area (TPSA) is 165 Å². The standard InChI is InChI=1S/C48H59F2N6O8SSi2/c1-8-55-35-15-14-29-23-33(35)34(39(55)32-12-9-17-51-37(32)42(65)62-7)25-46(4,5)26-63-41(59)36-13-10-18-56(53-67-36)45(61)48(66,24-28-20-30(29)22-31(57)21-28)52-40(58)38(27(2)3)54(6)44(60)47(43(49)50)16-11-19-64-47/h9,12,14-15,17,20-23,27,36,38,42-43,53,57,65H,8,10-11,13,16,18-19,24-26H2,1-7H3,(H,52,58)/t36-,38-,42-,47?,48?/m0/s1. The molecule has 67 heavy (non-hydrogen) atoms. The van der Waals surface area contributed by atoms with Crippen LogP contribution in [-0.4, -0.2) is 125 Å². The quantitative estimate of drug-likeness (QED) is 0.0628. The van der Waals surface area contributed by atoms with Crippen LogP contribution in [0.15, 0.2) is 54.7 Å². The number of nitrogens with one attached hydrogen (secondary N) is 2. The molecule has 6 bridgehead atoms. The lowest BCUT2D eigenvalue weighted by Crippen LogP contribution is -2.67. The summed E-state index contributed by atoms with van der Waals surface area (Å²) < 4.78 is 48.5. The zero-order valence-corrected chi connectivity index (χ0v) is 41.8. The second kappa shape index (κ2) is 20.1. The van der Waals surface area contributed by atoms with E-state index in [4.69, 9.17) is 31.8 Å². The van der Waals surface area contributed by atoms with Gasteiger partial charge in [0.2, 0.25) is 11.5 Å². The highest BCUT2D eigenvalue weighted by Gasteiger charge is 2.54. The Kier molecular flexibility index (Phi) is 15.1. The first kappa shape index (κ1) is 50.2. The van der Waals surface area contributed by atoms with E-state index in [1.165, 1.54) is 18.1 Å². The Morgan fingerprint density at radius 2 is 1.90 bits per heavy atom. The number of esters is 1. The maximum absolute atomic E-state index is 15.0. The van der Waals surface area contributed by atoms with Crippen LogP contribution in [0.1, 0.15) is 82.6 Å². The molecule has 0 spiro atoms. The summed E-state index contributed by atoms with van der Waals surface area (Å²) in [5, 5.41) is 17.8. The molecular weight excluding hydrogens is 915 g/mol. The molecule has 3 amide bonds. The summed E-state index contributed by atoms with van der Waals surface area (Å²) in [7, 11) is 6.33. The molecule has 5 heterocycles. The maximum atomic E-state index is 15.0. The number of benzene rings is 2.